The number of hydrogen-bond donors (Lipinski definition) is 2. The van der Waals surface area contributed by atoms with E-state index in [-0.39, 0.29) is 0 Å². The van der Waals surface area contributed by atoms with Gasteiger partial charge < -0.3 is 15.2 Å². The van der Waals surface area contributed by atoms with E-state index in [2.05, 4.69) is 5.32 Å². The van der Waals surface area contributed by atoms with Crippen molar-refractivity contribution >= 4 is 12.1 Å². The van der Waals surface area contributed by atoms with Crippen molar-refractivity contribution in [1.29, 1.82) is 0 Å². The van der Waals surface area contributed by atoms with Gasteiger partial charge in [0.2, 0.25) is 0 Å². The molecule has 0 aliphatic rings. The van der Waals surface area contributed by atoms with Crippen LogP contribution in [0.3, 0.4) is 0 Å². The van der Waals surface area contributed by atoms with E-state index < -0.39 is 23.2 Å². The number of carbonyl (C=O) groups excluding carboxylic acids is 1. The molecule has 18 heavy (non-hydrogen) atoms. The quantitative estimate of drug-likeness (QED) is 0.742. The average Bonchev–Trinajstić information content (AvgIpc) is 2.14. The number of carboxylic acids is 1. The zero-order valence-corrected chi connectivity index (χ0v) is 11.7. The summed E-state index contributed by atoms with van der Waals surface area (Å²) >= 11 is 0. The molecule has 0 heterocycles. The molecule has 0 aliphatic heterocycles. The van der Waals surface area contributed by atoms with Crippen LogP contribution in [0, 0.1) is 0 Å². The van der Waals surface area contributed by atoms with E-state index in [0.717, 1.165) is 12.8 Å². The number of aliphatic carboxylic acids is 1. The van der Waals surface area contributed by atoms with Crippen LogP contribution in [-0.4, -0.2) is 28.3 Å². The van der Waals surface area contributed by atoms with Gasteiger partial charge in [0.1, 0.15) is 5.60 Å². The third kappa shape index (κ3) is 6.27. The molecule has 0 saturated carbocycles. The minimum absolute atomic E-state index is 0.656. The summed E-state index contributed by atoms with van der Waals surface area (Å²) in [6, 6.07) is 0. The number of nitrogens with one attached hydrogen (secondary N) is 1. The van der Waals surface area contributed by atoms with E-state index >= 15 is 0 Å². The van der Waals surface area contributed by atoms with Crippen LogP contribution in [0.4, 0.5) is 4.79 Å². The van der Waals surface area contributed by atoms with Gasteiger partial charge in [-0.05, 0) is 34.1 Å². The molecule has 5 heteroatoms. The molecule has 0 unspecified atom stereocenters. The van der Waals surface area contributed by atoms with Crippen LogP contribution >= 0.6 is 0 Å². The largest absolute Gasteiger partial charge is 0.479 e. The fourth-order valence-electron chi connectivity index (χ4n) is 1.17. The number of alkyl carbamates (subject to hydrolysis) is 1. The van der Waals surface area contributed by atoms with Gasteiger partial charge in [0, 0.05) is 0 Å². The standard InChI is InChI=1S/C13H23NO4/c1-6-7-8-9-13(5,10(15)16)14-11(17)18-12(2,3)4/h8-9H,6-7H2,1-5H3,(H,14,17)(H,15,16)/b9-8+/t13-/m0/s1. The number of unbranched alkanes of at least 4 members (excludes halogenated alkanes) is 1. The predicted molar refractivity (Wildman–Crippen MR) is 69.5 cm³/mol. The van der Waals surface area contributed by atoms with Crippen molar-refractivity contribution in [2.75, 3.05) is 0 Å². The number of amides is 1. The lowest BCUT2D eigenvalue weighted by atomic mass is 10.0. The second kappa shape index (κ2) is 6.42. The van der Waals surface area contributed by atoms with Crippen LogP contribution in [0.25, 0.3) is 0 Å². The van der Waals surface area contributed by atoms with E-state index in [1.54, 1.807) is 26.8 Å². The smallest absolute Gasteiger partial charge is 0.408 e. The van der Waals surface area contributed by atoms with Gasteiger partial charge >= 0.3 is 12.1 Å². The Balaban J connectivity index is 4.72. The third-order valence-electron chi connectivity index (χ3n) is 2.11. The van der Waals surface area contributed by atoms with Crippen molar-refractivity contribution in [3.05, 3.63) is 12.2 Å². The summed E-state index contributed by atoms with van der Waals surface area (Å²) in [5.74, 6) is -1.12. The first-order valence-corrected chi connectivity index (χ1v) is 6.03. The van der Waals surface area contributed by atoms with Crippen molar-refractivity contribution in [2.45, 2.75) is 58.6 Å². The summed E-state index contributed by atoms with van der Waals surface area (Å²) in [6.45, 7) is 8.57. The van der Waals surface area contributed by atoms with Crippen LogP contribution in [-0.2, 0) is 9.53 Å². The average molecular weight is 257 g/mol. The Bertz CT molecular complexity index is 330. The number of hydrogen-bond acceptors (Lipinski definition) is 3. The van der Waals surface area contributed by atoms with Crippen LogP contribution in [0.5, 0.6) is 0 Å². The molecule has 2 N–H and O–H groups in total. The molecule has 0 aliphatic carbocycles. The Morgan fingerprint density at radius 2 is 1.83 bits per heavy atom. The molecule has 0 radical (unpaired) electrons. The van der Waals surface area contributed by atoms with E-state index in [9.17, 15) is 9.59 Å². The van der Waals surface area contributed by atoms with E-state index in [4.69, 9.17) is 9.84 Å². The molecule has 0 aromatic carbocycles. The van der Waals surface area contributed by atoms with Crippen molar-refractivity contribution < 1.29 is 19.4 Å². The zero-order valence-electron chi connectivity index (χ0n) is 11.7. The van der Waals surface area contributed by atoms with Gasteiger partial charge in [-0.15, -0.1) is 0 Å². The number of ether oxygens (including phenoxy) is 1. The number of carbonyl (C=O) groups is 2. The first-order chi connectivity index (χ1) is 8.10. The van der Waals surface area contributed by atoms with Crippen molar-refractivity contribution in [3.8, 4) is 0 Å². The SMILES string of the molecule is CCC/C=C/[C@](C)(NC(=O)OC(C)(C)C)C(=O)O. The molecule has 0 spiro atoms. The van der Waals surface area contributed by atoms with E-state index in [1.165, 1.54) is 13.0 Å². The molecule has 1 atom stereocenters. The van der Waals surface area contributed by atoms with Crippen LogP contribution in [0.15, 0.2) is 12.2 Å². The maximum absolute atomic E-state index is 11.6. The van der Waals surface area contributed by atoms with Crippen LogP contribution in [0.1, 0.15) is 47.5 Å². The Kier molecular flexibility index (Phi) is 5.88. The van der Waals surface area contributed by atoms with Crippen LogP contribution in [0.2, 0.25) is 0 Å². The Morgan fingerprint density at radius 1 is 1.28 bits per heavy atom. The Morgan fingerprint density at radius 3 is 2.22 bits per heavy atom. The minimum Gasteiger partial charge on any atom is -0.479 e. The lowest BCUT2D eigenvalue weighted by Crippen LogP contribution is -2.52. The van der Waals surface area contributed by atoms with Crippen molar-refractivity contribution in [3.63, 3.8) is 0 Å². The monoisotopic (exact) mass is 257 g/mol. The second-order valence-electron chi connectivity index (χ2n) is 5.33. The molecule has 0 aromatic rings. The highest BCUT2D eigenvalue weighted by Crippen LogP contribution is 2.12. The number of carboxylic acid groups (broad SMARTS) is 1. The fourth-order valence-corrected chi connectivity index (χ4v) is 1.17. The lowest BCUT2D eigenvalue weighted by molar-refractivity contribution is -0.142. The summed E-state index contributed by atoms with van der Waals surface area (Å²) in [5, 5.41) is 11.5. The first-order valence-electron chi connectivity index (χ1n) is 6.03. The molecule has 0 bridgehead atoms. The summed E-state index contributed by atoms with van der Waals surface area (Å²) in [6.07, 6.45) is 4.15. The summed E-state index contributed by atoms with van der Waals surface area (Å²) in [7, 11) is 0. The summed E-state index contributed by atoms with van der Waals surface area (Å²) in [4.78, 5) is 22.8. The lowest BCUT2D eigenvalue weighted by Gasteiger charge is -2.26. The van der Waals surface area contributed by atoms with Crippen molar-refractivity contribution in [1.82, 2.24) is 5.32 Å². The predicted octanol–water partition coefficient (Wildman–Crippen LogP) is 2.71. The van der Waals surface area contributed by atoms with E-state index in [1.807, 2.05) is 6.92 Å². The fraction of sp³-hybridized carbons (Fsp3) is 0.692. The highest BCUT2D eigenvalue weighted by Gasteiger charge is 2.33. The number of rotatable bonds is 5. The topological polar surface area (TPSA) is 75.6 Å². The maximum atomic E-state index is 11.6. The normalized spacial score (nSPS) is 15.2. The first kappa shape index (κ1) is 16.5. The van der Waals surface area contributed by atoms with Gasteiger partial charge in [0.05, 0.1) is 0 Å². The van der Waals surface area contributed by atoms with Gasteiger partial charge in [-0.1, -0.05) is 25.5 Å². The molecule has 0 rings (SSSR count). The Labute approximate surface area is 108 Å². The van der Waals surface area contributed by atoms with Gasteiger partial charge in [0.25, 0.3) is 0 Å². The molecular weight excluding hydrogens is 234 g/mol. The summed E-state index contributed by atoms with van der Waals surface area (Å²) in [5.41, 5.74) is -2.10. The second-order valence-corrected chi connectivity index (χ2v) is 5.33. The highest BCUT2D eigenvalue weighted by atomic mass is 16.6. The molecule has 1 amide bonds. The van der Waals surface area contributed by atoms with Gasteiger partial charge in [-0.25, -0.2) is 9.59 Å². The molecule has 0 saturated heterocycles. The molecular formula is C13H23NO4. The Hall–Kier alpha value is -1.52. The number of allylic oxidation sites excluding steroid dienone is 1. The van der Waals surface area contributed by atoms with Gasteiger partial charge in [0.15, 0.2) is 5.54 Å². The van der Waals surface area contributed by atoms with Crippen LogP contribution < -0.4 is 5.32 Å². The maximum Gasteiger partial charge on any atom is 0.408 e. The van der Waals surface area contributed by atoms with Gasteiger partial charge in [-0.2, -0.15) is 0 Å². The molecule has 0 fully saturated rings. The van der Waals surface area contributed by atoms with Crippen molar-refractivity contribution in [2.24, 2.45) is 0 Å². The van der Waals surface area contributed by atoms with E-state index in [0.29, 0.717) is 0 Å². The zero-order chi connectivity index (χ0) is 14.4. The minimum atomic E-state index is -1.45. The molecule has 5 nitrogen and oxygen atoms in total. The van der Waals surface area contributed by atoms with Gasteiger partial charge in [-0.3, -0.25) is 0 Å². The third-order valence-corrected chi connectivity index (χ3v) is 2.11. The molecule has 0 aromatic heterocycles. The summed E-state index contributed by atoms with van der Waals surface area (Å²) < 4.78 is 5.04. The highest BCUT2D eigenvalue weighted by molar-refractivity contribution is 5.86. The molecule has 104 valence electrons.